The second-order valence-corrected chi connectivity index (χ2v) is 5.91. The average Bonchev–Trinajstić information content (AvgIpc) is 2.69. The van der Waals surface area contributed by atoms with Crippen LogP contribution in [0.1, 0.15) is 19.8 Å². The van der Waals surface area contributed by atoms with Gasteiger partial charge in [0, 0.05) is 23.3 Å². The highest BCUT2D eigenvalue weighted by Gasteiger charge is 2.11. The first kappa shape index (κ1) is 18.5. The highest BCUT2D eigenvalue weighted by atomic mass is 16.6. The van der Waals surface area contributed by atoms with E-state index in [4.69, 9.17) is 14.2 Å². The van der Waals surface area contributed by atoms with Crippen LogP contribution in [-0.4, -0.2) is 24.8 Å². The monoisotopic (exact) mass is 366 g/mol. The maximum atomic E-state index is 12.3. The zero-order chi connectivity index (χ0) is 19.1. The molecule has 140 valence electrons. The van der Waals surface area contributed by atoms with Gasteiger partial charge in [0.1, 0.15) is 5.52 Å². The summed E-state index contributed by atoms with van der Waals surface area (Å²) in [6.07, 6.45) is 3.08. The van der Waals surface area contributed by atoms with Gasteiger partial charge < -0.3 is 14.2 Å². The van der Waals surface area contributed by atoms with Crippen molar-refractivity contribution in [3.05, 3.63) is 54.7 Å². The zero-order valence-electron chi connectivity index (χ0n) is 15.4. The first-order valence-corrected chi connectivity index (χ1v) is 8.84. The number of anilines is 1. The third-order valence-electron chi connectivity index (χ3n) is 3.96. The van der Waals surface area contributed by atoms with Crippen LogP contribution in [0.15, 0.2) is 54.7 Å². The number of ether oxygens (including phenoxy) is 3. The van der Waals surface area contributed by atoms with Crippen molar-refractivity contribution in [2.45, 2.75) is 19.8 Å². The lowest BCUT2D eigenvalue weighted by molar-refractivity contribution is 0.215. The molecule has 1 amide bonds. The molecule has 6 heteroatoms. The number of fused-ring (bicyclic) bond motifs is 1. The number of rotatable bonds is 7. The van der Waals surface area contributed by atoms with E-state index in [0.717, 1.165) is 18.2 Å². The normalized spacial score (nSPS) is 10.4. The molecule has 0 spiro atoms. The third-order valence-corrected chi connectivity index (χ3v) is 3.96. The van der Waals surface area contributed by atoms with E-state index in [0.29, 0.717) is 35.1 Å². The molecule has 0 fully saturated rings. The van der Waals surface area contributed by atoms with E-state index in [9.17, 15) is 4.79 Å². The number of para-hydroxylation sites is 1. The van der Waals surface area contributed by atoms with Gasteiger partial charge in [0.25, 0.3) is 0 Å². The minimum atomic E-state index is -0.602. The standard InChI is InChI=1S/C21H22N2O4/c1-3-4-13-26-17-11-10-16(14-19(17)25-2)23-21(24)27-18-9-5-7-15-8-6-12-22-20(15)18/h5-12,14H,3-4,13H2,1-2H3,(H,23,24). The van der Waals surface area contributed by atoms with Gasteiger partial charge in [-0.1, -0.05) is 31.5 Å². The molecule has 0 unspecified atom stereocenters. The Morgan fingerprint density at radius 2 is 1.93 bits per heavy atom. The summed E-state index contributed by atoms with van der Waals surface area (Å²) in [6, 6.07) is 14.4. The second-order valence-electron chi connectivity index (χ2n) is 5.91. The number of hydrogen-bond donors (Lipinski definition) is 1. The Bertz CT molecular complexity index is 922. The fourth-order valence-electron chi connectivity index (χ4n) is 2.59. The van der Waals surface area contributed by atoms with Gasteiger partial charge >= 0.3 is 6.09 Å². The predicted octanol–water partition coefficient (Wildman–Crippen LogP) is 5.03. The number of unbranched alkanes of at least 4 members (excludes halogenated alkanes) is 1. The summed E-state index contributed by atoms with van der Waals surface area (Å²) in [5.41, 5.74) is 1.18. The highest BCUT2D eigenvalue weighted by Crippen LogP contribution is 2.31. The number of aromatic nitrogens is 1. The zero-order valence-corrected chi connectivity index (χ0v) is 15.4. The Morgan fingerprint density at radius 3 is 2.74 bits per heavy atom. The van der Waals surface area contributed by atoms with Crippen molar-refractivity contribution in [3.63, 3.8) is 0 Å². The van der Waals surface area contributed by atoms with Crippen LogP contribution < -0.4 is 19.5 Å². The summed E-state index contributed by atoms with van der Waals surface area (Å²) in [5, 5.41) is 3.60. The molecule has 0 aliphatic carbocycles. The van der Waals surface area contributed by atoms with Crippen molar-refractivity contribution in [1.29, 1.82) is 0 Å². The summed E-state index contributed by atoms with van der Waals surface area (Å²) in [6.45, 7) is 2.72. The maximum absolute atomic E-state index is 12.3. The molecule has 1 N–H and O–H groups in total. The molecule has 1 heterocycles. The number of amides is 1. The molecule has 0 aliphatic rings. The van der Waals surface area contributed by atoms with Crippen LogP contribution in [0.4, 0.5) is 10.5 Å². The SMILES string of the molecule is CCCCOc1ccc(NC(=O)Oc2cccc3cccnc23)cc1OC. The fourth-order valence-corrected chi connectivity index (χ4v) is 2.59. The van der Waals surface area contributed by atoms with Crippen molar-refractivity contribution in [2.75, 3.05) is 19.0 Å². The van der Waals surface area contributed by atoms with Gasteiger partial charge in [-0.25, -0.2) is 4.79 Å². The van der Waals surface area contributed by atoms with Gasteiger partial charge in [-0.2, -0.15) is 0 Å². The van der Waals surface area contributed by atoms with Crippen molar-refractivity contribution in [2.24, 2.45) is 0 Å². The van der Waals surface area contributed by atoms with E-state index < -0.39 is 6.09 Å². The Labute approximate surface area is 158 Å². The number of carbonyl (C=O) groups is 1. The van der Waals surface area contributed by atoms with Gasteiger partial charge in [0.2, 0.25) is 0 Å². The number of methoxy groups -OCH3 is 1. The topological polar surface area (TPSA) is 69.7 Å². The molecule has 0 aliphatic heterocycles. The summed E-state index contributed by atoms with van der Waals surface area (Å²) in [5.74, 6) is 1.59. The molecule has 3 rings (SSSR count). The molecule has 0 saturated heterocycles. The van der Waals surface area contributed by atoms with Crippen LogP contribution in [0, 0.1) is 0 Å². The van der Waals surface area contributed by atoms with Crippen molar-refractivity contribution in [3.8, 4) is 17.2 Å². The predicted molar refractivity (Wildman–Crippen MR) is 105 cm³/mol. The smallest absolute Gasteiger partial charge is 0.417 e. The first-order valence-electron chi connectivity index (χ1n) is 8.84. The summed E-state index contributed by atoms with van der Waals surface area (Å²) < 4.78 is 16.5. The van der Waals surface area contributed by atoms with Gasteiger partial charge in [-0.3, -0.25) is 10.3 Å². The molecular weight excluding hydrogens is 344 g/mol. The van der Waals surface area contributed by atoms with Crippen molar-refractivity contribution < 1.29 is 19.0 Å². The number of hydrogen-bond acceptors (Lipinski definition) is 5. The number of carbonyl (C=O) groups excluding carboxylic acids is 1. The van der Waals surface area contributed by atoms with Crippen LogP contribution in [0.2, 0.25) is 0 Å². The van der Waals surface area contributed by atoms with Crippen molar-refractivity contribution in [1.82, 2.24) is 4.98 Å². The highest BCUT2D eigenvalue weighted by molar-refractivity contribution is 5.91. The van der Waals surface area contributed by atoms with E-state index in [1.54, 1.807) is 37.6 Å². The third kappa shape index (κ3) is 4.67. The molecule has 27 heavy (non-hydrogen) atoms. The first-order chi connectivity index (χ1) is 13.2. The molecule has 0 saturated carbocycles. The molecule has 0 atom stereocenters. The molecule has 6 nitrogen and oxygen atoms in total. The van der Waals surface area contributed by atoms with Crippen molar-refractivity contribution >= 4 is 22.7 Å². The fraction of sp³-hybridized carbons (Fsp3) is 0.238. The number of nitrogens with one attached hydrogen (secondary N) is 1. The Morgan fingerprint density at radius 1 is 1.07 bits per heavy atom. The Hall–Kier alpha value is -3.28. The lowest BCUT2D eigenvalue weighted by Gasteiger charge is -2.13. The quantitative estimate of drug-likeness (QED) is 0.594. The summed E-state index contributed by atoms with van der Waals surface area (Å²) in [7, 11) is 1.56. The van der Waals surface area contributed by atoms with Crippen LogP contribution in [0.3, 0.4) is 0 Å². The summed E-state index contributed by atoms with van der Waals surface area (Å²) >= 11 is 0. The van der Waals surface area contributed by atoms with E-state index in [2.05, 4.69) is 17.2 Å². The average molecular weight is 366 g/mol. The second kappa shape index (κ2) is 8.89. The van der Waals surface area contributed by atoms with Gasteiger partial charge in [0.15, 0.2) is 17.2 Å². The van der Waals surface area contributed by atoms with E-state index in [1.165, 1.54) is 0 Å². The number of nitrogens with zero attached hydrogens (tertiary/aromatic N) is 1. The van der Waals surface area contributed by atoms with E-state index >= 15 is 0 Å². The minimum absolute atomic E-state index is 0.400. The molecular formula is C21H22N2O4. The lowest BCUT2D eigenvalue weighted by atomic mass is 10.2. The largest absolute Gasteiger partial charge is 0.493 e. The maximum Gasteiger partial charge on any atom is 0.417 e. The van der Waals surface area contributed by atoms with Crippen LogP contribution in [-0.2, 0) is 0 Å². The van der Waals surface area contributed by atoms with Crippen LogP contribution in [0.25, 0.3) is 10.9 Å². The molecule has 0 bridgehead atoms. The van der Waals surface area contributed by atoms with E-state index in [-0.39, 0.29) is 0 Å². The molecule has 2 aromatic carbocycles. The molecule has 3 aromatic rings. The van der Waals surface area contributed by atoms with Crippen LogP contribution in [0.5, 0.6) is 17.2 Å². The molecule has 0 radical (unpaired) electrons. The van der Waals surface area contributed by atoms with E-state index in [1.807, 2.05) is 24.3 Å². The van der Waals surface area contributed by atoms with Gasteiger partial charge in [-0.05, 0) is 30.7 Å². The Balaban J connectivity index is 1.70. The molecule has 1 aromatic heterocycles. The number of pyridine rings is 1. The Kier molecular flexibility index (Phi) is 6.10. The summed E-state index contributed by atoms with van der Waals surface area (Å²) in [4.78, 5) is 16.6. The number of benzene rings is 2. The lowest BCUT2D eigenvalue weighted by Crippen LogP contribution is -2.17. The van der Waals surface area contributed by atoms with Gasteiger partial charge in [-0.15, -0.1) is 0 Å². The van der Waals surface area contributed by atoms with Crippen LogP contribution >= 0.6 is 0 Å². The van der Waals surface area contributed by atoms with Gasteiger partial charge in [0.05, 0.1) is 13.7 Å². The minimum Gasteiger partial charge on any atom is -0.493 e.